The molecule has 29 heavy (non-hydrogen) atoms. The lowest BCUT2D eigenvalue weighted by molar-refractivity contribution is 0.0808. The zero-order valence-corrected chi connectivity index (χ0v) is 18.6. The summed E-state index contributed by atoms with van der Waals surface area (Å²) in [5, 5.41) is 0. The summed E-state index contributed by atoms with van der Waals surface area (Å²) in [6.45, 7) is 11.3. The van der Waals surface area contributed by atoms with E-state index in [4.69, 9.17) is 4.74 Å². The topological polar surface area (TPSA) is 9.23 Å². The average Bonchev–Trinajstić information content (AvgIpc) is 2.73. The minimum Gasteiger partial charge on any atom is -0.474 e. The van der Waals surface area contributed by atoms with E-state index in [0.717, 1.165) is 22.7 Å². The summed E-state index contributed by atoms with van der Waals surface area (Å²) in [4.78, 5) is 0. The first-order valence-electron chi connectivity index (χ1n) is 10.1. The van der Waals surface area contributed by atoms with E-state index in [0.29, 0.717) is 5.76 Å². The van der Waals surface area contributed by atoms with Crippen molar-refractivity contribution in [2.24, 2.45) is 0 Å². The first-order chi connectivity index (χ1) is 13.9. The van der Waals surface area contributed by atoms with Gasteiger partial charge in [-0.05, 0) is 12.1 Å². The SMILES string of the molecule is C=C(/C=C\C[Si](C)(C)C)OC(c1ccccc1)(c1ccccc1)c1ccccc1. The third-order valence-corrected chi connectivity index (χ3v) is 6.32. The van der Waals surface area contributed by atoms with Crippen molar-refractivity contribution in [3.63, 3.8) is 0 Å². The zero-order chi connectivity index (χ0) is 20.7. The van der Waals surface area contributed by atoms with E-state index < -0.39 is 13.7 Å². The van der Waals surface area contributed by atoms with Crippen molar-refractivity contribution in [2.75, 3.05) is 0 Å². The second kappa shape index (κ2) is 9.10. The van der Waals surface area contributed by atoms with Crippen LogP contribution in [0.1, 0.15) is 16.7 Å². The quantitative estimate of drug-likeness (QED) is 0.166. The molecule has 0 aliphatic heterocycles. The van der Waals surface area contributed by atoms with E-state index in [9.17, 15) is 0 Å². The summed E-state index contributed by atoms with van der Waals surface area (Å²) < 4.78 is 6.75. The van der Waals surface area contributed by atoms with Crippen LogP contribution < -0.4 is 0 Å². The van der Waals surface area contributed by atoms with Crippen LogP contribution in [0.5, 0.6) is 0 Å². The molecular weight excluding hydrogens is 368 g/mol. The second-order valence-corrected chi connectivity index (χ2v) is 14.0. The van der Waals surface area contributed by atoms with Gasteiger partial charge in [0.15, 0.2) is 5.60 Å². The van der Waals surface area contributed by atoms with Crippen LogP contribution in [-0.2, 0) is 10.3 Å². The van der Waals surface area contributed by atoms with Crippen LogP contribution >= 0.6 is 0 Å². The van der Waals surface area contributed by atoms with Crippen molar-refractivity contribution < 1.29 is 4.74 Å². The predicted molar refractivity (Wildman–Crippen MR) is 127 cm³/mol. The number of allylic oxidation sites excluding steroid dienone is 2. The molecule has 0 fully saturated rings. The summed E-state index contributed by atoms with van der Waals surface area (Å²) >= 11 is 0. The van der Waals surface area contributed by atoms with Crippen LogP contribution in [0.3, 0.4) is 0 Å². The molecule has 0 atom stereocenters. The maximum absolute atomic E-state index is 6.75. The van der Waals surface area contributed by atoms with Crippen LogP contribution in [0, 0.1) is 0 Å². The van der Waals surface area contributed by atoms with Gasteiger partial charge >= 0.3 is 0 Å². The lowest BCUT2D eigenvalue weighted by atomic mass is 9.80. The monoisotopic (exact) mass is 398 g/mol. The van der Waals surface area contributed by atoms with Gasteiger partial charge in [-0.3, -0.25) is 0 Å². The van der Waals surface area contributed by atoms with Gasteiger partial charge in [0.2, 0.25) is 0 Å². The van der Waals surface area contributed by atoms with Gasteiger partial charge in [0.25, 0.3) is 0 Å². The minimum atomic E-state index is -1.16. The van der Waals surface area contributed by atoms with Crippen molar-refractivity contribution in [1.82, 2.24) is 0 Å². The standard InChI is InChI=1S/C27H30OSi/c1-23(15-14-22-29(2,3)4)28-27(24-16-8-5-9-17-24,25-18-10-6-11-19-25)26-20-12-7-13-21-26/h5-21H,1,22H2,2-4H3/b15-14-. The molecule has 148 valence electrons. The molecule has 0 bridgehead atoms. The van der Waals surface area contributed by atoms with Crippen molar-refractivity contribution in [1.29, 1.82) is 0 Å². The van der Waals surface area contributed by atoms with Gasteiger partial charge in [-0.25, -0.2) is 0 Å². The van der Waals surface area contributed by atoms with Crippen molar-refractivity contribution in [2.45, 2.75) is 31.3 Å². The van der Waals surface area contributed by atoms with Crippen LogP contribution in [0.2, 0.25) is 25.7 Å². The number of rotatable bonds is 8. The highest BCUT2D eigenvalue weighted by atomic mass is 28.3. The predicted octanol–water partition coefficient (Wildman–Crippen LogP) is 7.40. The number of hydrogen-bond donors (Lipinski definition) is 0. The molecule has 0 saturated heterocycles. The van der Waals surface area contributed by atoms with Gasteiger partial charge in [0.1, 0.15) is 5.76 Å². The fourth-order valence-corrected chi connectivity index (χ4v) is 4.29. The Morgan fingerprint density at radius 1 is 0.759 bits per heavy atom. The molecule has 0 spiro atoms. The first-order valence-corrected chi connectivity index (χ1v) is 13.8. The van der Waals surface area contributed by atoms with E-state index >= 15 is 0 Å². The fraction of sp³-hybridized carbons (Fsp3) is 0.185. The van der Waals surface area contributed by atoms with Gasteiger partial charge in [0, 0.05) is 24.8 Å². The molecular formula is C27H30OSi. The Kier molecular flexibility index (Phi) is 6.55. The van der Waals surface area contributed by atoms with Gasteiger partial charge in [-0.1, -0.05) is 123 Å². The second-order valence-electron chi connectivity index (χ2n) is 8.51. The minimum absolute atomic E-state index is 0.666. The van der Waals surface area contributed by atoms with E-state index in [1.165, 1.54) is 0 Å². The van der Waals surface area contributed by atoms with E-state index in [2.05, 4.69) is 105 Å². The molecule has 0 amide bonds. The van der Waals surface area contributed by atoms with Crippen LogP contribution in [0.4, 0.5) is 0 Å². The highest BCUT2D eigenvalue weighted by molar-refractivity contribution is 6.76. The van der Waals surface area contributed by atoms with Crippen molar-refractivity contribution >= 4 is 8.07 Å². The number of ether oxygens (including phenoxy) is 1. The van der Waals surface area contributed by atoms with Gasteiger partial charge in [0.05, 0.1) is 0 Å². The Labute approximate surface area is 176 Å². The molecule has 0 aromatic heterocycles. The highest BCUT2D eigenvalue weighted by Crippen LogP contribution is 2.41. The normalized spacial score (nSPS) is 12.1. The van der Waals surface area contributed by atoms with Gasteiger partial charge in [-0.2, -0.15) is 0 Å². The lowest BCUT2D eigenvalue weighted by Crippen LogP contribution is -2.32. The molecule has 0 aliphatic carbocycles. The van der Waals surface area contributed by atoms with E-state index in [-0.39, 0.29) is 0 Å². The largest absolute Gasteiger partial charge is 0.474 e. The molecule has 3 aromatic rings. The smallest absolute Gasteiger partial charge is 0.184 e. The molecule has 3 aromatic carbocycles. The van der Waals surface area contributed by atoms with Gasteiger partial charge in [-0.15, -0.1) is 0 Å². The van der Waals surface area contributed by atoms with Crippen molar-refractivity contribution in [3.05, 3.63) is 132 Å². The maximum Gasteiger partial charge on any atom is 0.184 e. The molecule has 0 N–H and O–H groups in total. The zero-order valence-electron chi connectivity index (χ0n) is 17.6. The van der Waals surface area contributed by atoms with E-state index in [1.54, 1.807) is 0 Å². The van der Waals surface area contributed by atoms with Crippen LogP contribution in [0.25, 0.3) is 0 Å². The summed E-state index contributed by atoms with van der Waals surface area (Å²) in [5.74, 6) is 0.666. The molecule has 0 unspecified atom stereocenters. The summed E-state index contributed by atoms with van der Waals surface area (Å²) in [6, 6.07) is 32.3. The molecule has 1 nitrogen and oxygen atoms in total. The molecule has 2 heteroatoms. The highest BCUT2D eigenvalue weighted by Gasteiger charge is 2.38. The molecule has 0 saturated carbocycles. The number of hydrogen-bond acceptors (Lipinski definition) is 1. The third kappa shape index (κ3) is 5.15. The summed E-state index contributed by atoms with van der Waals surface area (Å²) in [5.41, 5.74) is 2.48. The average molecular weight is 399 g/mol. The molecule has 0 radical (unpaired) electrons. The van der Waals surface area contributed by atoms with Crippen molar-refractivity contribution in [3.8, 4) is 0 Å². The Bertz CT molecular complexity index is 841. The fourth-order valence-electron chi connectivity index (χ4n) is 3.47. The Morgan fingerprint density at radius 2 is 1.14 bits per heavy atom. The third-order valence-electron chi connectivity index (χ3n) is 4.86. The summed E-state index contributed by atoms with van der Waals surface area (Å²) in [6.07, 6.45) is 4.24. The molecule has 0 heterocycles. The Balaban J connectivity index is 2.11. The maximum atomic E-state index is 6.75. The number of benzene rings is 3. The van der Waals surface area contributed by atoms with Crippen LogP contribution in [0.15, 0.2) is 115 Å². The Morgan fingerprint density at radius 3 is 1.48 bits per heavy atom. The molecule has 3 rings (SSSR count). The van der Waals surface area contributed by atoms with Gasteiger partial charge < -0.3 is 4.74 Å². The van der Waals surface area contributed by atoms with E-state index in [1.807, 2.05) is 24.3 Å². The molecule has 0 aliphatic rings. The summed E-state index contributed by atoms with van der Waals surface area (Å²) in [7, 11) is -1.16. The Hall–Kier alpha value is -2.84. The first kappa shape index (κ1) is 20.9. The lowest BCUT2D eigenvalue weighted by Gasteiger charge is -2.36. The van der Waals surface area contributed by atoms with Crippen LogP contribution in [-0.4, -0.2) is 8.07 Å².